The maximum Gasteiger partial charge on any atom is 0.164 e. The Morgan fingerprint density at radius 1 is 1.42 bits per heavy atom. The maximum atomic E-state index is 12.0. The average molecular weight is 262 g/mol. The first-order valence-electron chi connectivity index (χ1n) is 6.91. The van der Waals surface area contributed by atoms with E-state index in [1.807, 2.05) is 0 Å². The number of hydrogen-bond acceptors (Lipinski definition) is 4. The minimum atomic E-state index is 0.125. The van der Waals surface area contributed by atoms with Crippen LogP contribution in [0.2, 0.25) is 0 Å². The van der Waals surface area contributed by atoms with Crippen LogP contribution in [0, 0.1) is 0 Å². The molecule has 2 rings (SSSR count). The van der Waals surface area contributed by atoms with Crippen LogP contribution in [0.4, 0.5) is 5.69 Å². The number of benzene rings is 1. The molecule has 1 saturated carbocycles. The molecule has 1 aliphatic rings. The van der Waals surface area contributed by atoms with Crippen LogP contribution >= 0.6 is 0 Å². The van der Waals surface area contributed by atoms with E-state index < -0.39 is 0 Å². The first-order chi connectivity index (χ1) is 9.20. The molecule has 0 aliphatic heterocycles. The molecule has 0 amide bonds. The number of Topliss-reactive ketones (excluding diaryl/α,β-unsaturated/α-hetero) is 1. The second kappa shape index (κ2) is 6.57. The number of carbonyl (C=O) groups excluding carboxylic acids is 1. The van der Waals surface area contributed by atoms with E-state index in [-0.39, 0.29) is 5.78 Å². The number of rotatable bonds is 6. The van der Waals surface area contributed by atoms with E-state index >= 15 is 0 Å². The third-order valence-electron chi connectivity index (χ3n) is 3.69. The Morgan fingerprint density at radius 2 is 2.16 bits per heavy atom. The molecule has 1 aliphatic carbocycles. The van der Waals surface area contributed by atoms with E-state index in [1.54, 1.807) is 25.3 Å². The normalized spacial score (nSPS) is 15.6. The van der Waals surface area contributed by atoms with Crippen molar-refractivity contribution in [3.05, 3.63) is 23.8 Å². The Hall–Kier alpha value is -1.55. The molecule has 1 fully saturated rings. The minimum Gasteiger partial charge on any atom is -0.495 e. The van der Waals surface area contributed by atoms with E-state index in [4.69, 9.17) is 10.5 Å². The van der Waals surface area contributed by atoms with Gasteiger partial charge in [-0.15, -0.1) is 0 Å². The van der Waals surface area contributed by atoms with Crippen LogP contribution < -0.4 is 15.8 Å². The quantitative estimate of drug-likeness (QED) is 0.610. The molecule has 104 valence electrons. The molecule has 0 unspecified atom stereocenters. The highest BCUT2D eigenvalue weighted by molar-refractivity contribution is 5.97. The molecule has 4 nitrogen and oxygen atoms in total. The minimum absolute atomic E-state index is 0.125. The van der Waals surface area contributed by atoms with Crippen LogP contribution in [0.15, 0.2) is 18.2 Å². The lowest BCUT2D eigenvalue weighted by molar-refractivity contribution is 0.0981. The summed E-state index contributed by atoms with van der Waals surface area (Å²) in [6.45, 7) is 0.745. The fraction of sp³-hybridized carbons (Fsp3) is 0.533. The standard InChI is InChI=1S/C15H22N2O2/c1-19-15-7-6-11(10-13(15)16)14(18)8-9-17-12-4-2-3-5-12/h6-7,10,12,17H,2-5,8-9,16H2,1H3. The fourth-order valence-corrected chi connectivity index (χ4v) is 2.57. The van der Waals surface area contributed by atoms with Crippen molar-refractivity contribution in [2.75, 3.05) is 19.4 Å². The monoisotopic (exact) mass is 262 g/mol. The molecule has 1 aromatic rings. The van der Waals surface area contributed by atoms with E-state index in [2.05, 4.69) is 5.32 Å². The summed E-state index contributed by atoms with van der Waals surface area (Å²) < 4.78 is 5.08. The van der Waals surface area contributed by atoms with Crippen molar-refractivity contribution in [3.63, 3.8) is 0 Å². The number of ketones is 1. The molecular weight excluding hydrogens is 240 g/mol. The van der Waals surface area contributed by atoms with Crippen LogP contribution in [0.3, 0.4) is 0 Å². The van der Waals surface area contributed by atoms with Gasteiger partial charge in [0.1, 0.15) is 5.75 Å². The van der Waals surface area contributed by atoms with Crippen molar-refractivity contribution in [1.29, 1.82) is 0 Å². The Labute approximate surface area is 114 Å². The van der Waals surface area contributed by atoms with Crippen LogP contribution in [0.5, 0.6) is 5.75 Å². The van der Waals surface area contributed by atoms with Crippen molar-refractivity contribution in [3.8, 4) is 5.75 Å². The predicted molar refractivity (Wildman–Crippen MR) is 76.6 cm³/mol. The lowest BCUT2D eigenvalue weighted by Crippen LogP contribution is -2.28. The average Bonchev–Trinajstić information content (AvgIpc) is 2.91. The molecule has 4 heteroatoms. The second-order valence-corrected chi connectivity index (χ2v) is 5.07. The zero-order valence-electron chi connectivity index (χ0n) is 11.4. The molecule has 0 radical (unpaired) electrons. The van der Waals surface area contributed by atoms with Gasteiger partial charge in [-0.3, -0.25) is 4.79 Å². The molecule has 3 N–H and O–H groups in total. The summed E-state index contributed by atoms with van der Waals surface area (Å²) in [6, 6.07) is 5.81. The van der Waals surface area contributed by atoms with Gasteiger partial charge in [0.15, 0.2) is 5.78 Å². The van der Waals surface area contributed by atoms with Crippen LogP contribution in [0.25, 0.3) is 0 Å². The van der Waals surface area contributed by atoms with Crippen molar-refractivity contribution in [1.82, 2.24) is 5.32 Å². The van der Waals surface area contributed by atoms with Gasteiger partial charge in [-0.1, -0.05) is 12.8 Å². The first kappa shape index (κ1) is 13.9. The highest BCUT2D eigenvalue weighted by Gasteiger charge is 2.14. The van der Waals surface area contributed by atoms with Gasteiger partial charge in [0.2, 0.25) is 0 Å². The third-order valence-corrected chi connectivity index (χ3v) is 3.69. The maximum absolute atomic E-state index is 12.0. The molecule has 0 spiro atoms. The van der Waals surface area contributed by atoms with Crippen molar-refractivity contribution in [2.45, 2.75) is 38.1 Å². The number of ether oxygens (including phenoxy) is 1. The van der Waals surface area contributed by atoms with Gasteiger partial charge < -0.3 is 15.8 Å². The second-order valence-electron chi connectivity index (χ2n) is 5.07. The summed E-state index contributed by atoms with van der Waals surface area (Å²) in [5.74, 6) is 0.737. The van der Waals surface area contributed by atoms with E-state index in [9.17, 15) is 4.79 Å². The number of nitrogens with two attached hydrogens (primary N) is 1. The van der Waals surface area contributed by atoms with Gasteiger partial charge in [-0.05, 0) is 31.0 Å². The number of nitrogens with one attached hydrogen (secondary N) is 1. The van der Waals surface area contributed by atoms with Crippen LogP contribution in [-0.4, -0.2) is 25.5 Å². The lowest BCUT2D eigenvalue weighted by atomic mass is 10.1. The zero-order chi connectivity index (χ0) is 13.7. The smallest absolute Gasteiger partial charge is 0.164 e. The zero-order valence-corrected chi connectivity index (χ0v) is 11.4. The highest BCUT2D eigenvalue weighted by atomic mass is 16.5. The highest BCUT2D eigenvalue weighted by Crippen LogP contribution is 2.22. The Balaban J connectivity index is 1.83. The first-order valence-corrected chi connectivity index (χ1v) is 6.91. The molecule has 0 bridgehead atoms. The number of anilines is 1. The predicted octanol–water partition coefficient (Wildman–Crippen LogP) is 2.38. The van der Waals surface area contributed by atoms with Crippen LogP contribution in [-0.2, 0) is 0 Å². The Morgan fingerprint density at radius 3 is 2.79 bits per heavy atom. The molecule has 0 atom stereocenters. The molecule has 19 heavy (non-hydrogen) atoms. The van der Waals surface area contributed by atoms with E-state index in [0.29, 0.717) is 29.5 Å². The largest absolute Gasteiger partial charge is 0.495 e. The van der Waals surface area contributed by atoms with E-state index in [0.717, 1.165) is 6.54 Å². The van der Waals surface area contributed by atoms with Crippen LogP contribution in [0.1, 0.15) is 42.5 Å². The summed E-state index contributed by atoms with van der Waals surface area (Å²) in [6.07, 6.45) is 5.61. The summed E-state index contributed by atoms with van der Waals surface area (Å²) >= 11 is 0. The summed E-state index contributed by atoms with van der Waals surface area (Å²) in [5, 5.41) is 3.44. The molecule has 0 saturated heterocycles. The van der Waals surface area contributed by atoms with Gasteiger partial charge in [0, 0.05) is 24.6 Å². The number of hydrogen-bond donors (Lipinski definition) is 2. The summed E-state index contributed by atoms with van der Waals surface area (Å²) in [5.41, 5.74) is 6.98. The molecular formula is C15H22N2O2. The summed E-state index contributed by atoms with van der Waals surface area (Å²) in [4.78, 5) is 12.0. The molecule has 0 aromatic heterocycles. The van der Waals surface area contributed by atoms with Gasteiger partial charge in [0.25, 0.3) is 0 Å². The molecule has 0 heterocycles. The lowest BCUT2D eigenvalue weighted by Gasteiger charge is -2.11. The topological polar surface area (TPSA) is 64.3 Å². The SMILES string of the molecule is COc1ccc(C(=O)CCNC2CCCC2)cc1N. The van der Waals surface area contributed by atoms with Crippen molar-refractivity contribution in [2.24, 2.45) is 0 Å². The van der Waals surface area contributed by atoms with Gasteiger partial charge in [-0.2, -0.15) is 0 Å². The number of methoxy groups -OCH3 is 1. The van der Waals surface area contributed by atoms with Crippen molar-refractivity contribution >= 4 is 11.5 Å². The Bertz CT molecular complexity index is 440. The van der Waals surface area contributed by atoms with Gasteiger partial charge >= 0.3 is 0 Å². The van der Waals surface area contributed by atoms with Gasteiger partial charge in [-0.25, -0.2) is 0 Å². The number of nitrogen functional groups attached to an aromatic ring is 1. The summed E-state index contributed by atoms with van der Waals surface area (Å²) in [7, 11) is 1.57. The molecule has 1 aromatic carbocycles. The third kappa shape index (κ3) is 3.70. The number of carbonyl (C=O) groups is 1. The van der Waals surface area contributed by atoms with Gasteiger partial charge in [0.05, 0.1) is 12.8 Å². The Kier molecular flexibility index (Phi) is 4.80. The fourth-order valence-electron chi connectivity index (χ4n) is 2.57. The van der Waals surface area contributed by atoms with E-state index in [1.165, 1.54) is 25.7 Å². The van der Waals surface area contributed by atoms with Crippen molar-refractivity contribution < 1.29 is 9.53 Å².